The molecule has 0 bridgehead atoms. The van der Waals surface area contributed by atoms with Crippen LogP contribution in [0.4, 0.5) is 4.39 Å². The maximum absolute atomic E-state index is 13.7. The molecule has 4 rings (SSSR count). The Balaban J connectivity index is 1.49. The summed E-state index contributed by atoms with van der Waals surface area (Å²) >= 11 is 0. The van der Waals surface area contributed by atoms with Gasteiger partial charge in [0.25, 0.3) is 0 Å². The van der Waals surface area contributed by atoms with Gasteiger partial charge < -0.3 is 16.0 Å². The van der Waals surface area contributed by atoms with E-state index in [0.717, 1.165) is 21.9 Å². The highest BCUT2D eigenvalue weighted by molar-refractivity contribution is 5.95. The third kappa shape index (κ3) is 11.3. The quantitative estimate of drug-likeness (QED) is 0.134. The summed E-state index contributed by atoms with van der Waals surface area (Å²) in [6.45, 7) is 4.30. The minimum atomic E-state index is -1.29. The van der Waals surface area contributed by atoms with E-state index in [1.165, 1.54) is 24.3 Å². The Morgan fingerprint density at radius 1 is 0.723 bits per heavy atom. The van der Waals surface area contributed by atoms with Gasteiger partial charge in [-0.2, -0.15) is 0 Å². The van der Waals surface area contributed by atoms with Crippen molar-refractivity contribution in [2.45, 2.75) is 58.2 Å². The van der Waals surface area contributed by atoms with Crippen molar-refractivity contribution in [1.82, 2.24) is 21.4 Å². The van der Waals surface area contributed by atoms with E-state index in [1.54, 1.807) is 0 Å². The van der Waals surface area contributed by atoms with Gasteiger partial charge in [0, 0.05) is 19.4 Å². The molecule has 0 saturated heterocycles. The van der Waals surface area contributed by atoms with E-state index in [-0.39, 0.29) is 31.9 Å². The average Bonchev–Trinajstić information content (AvgIpc) is 3.06. The van der Waals surface area contributed by atoms with Crippen LogP contribution >= 0.6 is 0 Å². The molecule has 0 radical (unpaired) electrons. The summed E-state index contributed by atoms with van der Waals surface area (Å²) in [6.07, 6.45) is 0.159. The van der Waals surface area contributed by atoms with Crippen molar-refractivity contribution < 1.29 is 28.4 Å². The summed E-state index contributed by atoms with van der Waals surface area (Å²) in [5.74, 6) is -2.51. The molecule has 0 fully saturated rings. The monoisotopic (exact) mass is 640 g/mol. The summed E-state index contributed by atoms with van der Waals surface area (Å²) in [6, 6.07) is 26.3. The molecule has 0 aliphatic carbocycles. The molecule has 0 aliphatic rings. The molecular weight excluding hydrogens is 599 g/mol. The molecule has 4 amide bonds. The van der Waals surface area contributed by atoms with Gasteiger partial charge in [0.2, 0.25) is 23.6 Å². The summed E-state index contributed by atoms with van der Waals surface area (Å²) < 4.78 is 13.6. The standard InChI is InChI=1S/C37H41FN4O5/c1-25(2)24-47-42-35(44)22-33(40-34(43)20-17-26-9-4-3-5-10-26)37(46)41-32(21-27-15-18-30(38)19-16-27)36(45)39-23-29-13-8-12-28-11-6-7-14-31(28)29/h3-16,18-19,25,32-33H,17,20-24H2,1-2H3,(H,39,45)(H,40,43)(H,41,46)(H,42,44)/t32-,33-/m0/s1. The summed E-state index contributed by atoms with van der Waals surface area (Å²) in [4.78, 5) is 58.2. The Morgan fingerprint density at radius 2 is 1.43 bits per heavy atom. The molecule has 0 unspecified atom stereocenters. The first kappa shape index (κ1) is 34.8. The van der Waals surface area contributed by atoms with Gasteiger partial charge in [-0.25, -0.2) is 9.87 Å². The van der Waals surface area contributed by atoms with E-state index in [1.807, 2.05) is 86.6 Å². The Bertz CT molecular complexity index is 1640. The van der Waals surface area contributed by atoms with Crippen molar-refractivity contribution in [3.63, 3.8) is 0 Å². The summed E-state index contributed by atoms with van der Waals surface area (Å²) in [7, 11) is 0. The van der Waals surface area contributed by atoms with Crippen molar-refractivity contribution in [2.75, 3.05) is 6.61 Å². The maximum Gasteiger partial charge on any atom is 0.246 e. The van der Waals surface area contributed by atoms with E-state index in [4.69, 9.17) is 4.84 Å². The van der Waals surface area contributed by atoms with Gasteiger partial charge in [-0.3, -0.25) is 24.0 Å². The normalized spacial score (nSPS) is 12.3. The molecule has 10 heteroatoms. The number of benzene rings is 4. The van der Waals surface area contributed by atoms with Crippen LogP contribution < -0.4 is 21.4 Å². The topological polar surface area (TPSA) is 126 Å². The third-order valence-corrected chi connectivity index (χ3v) is 7.45. The molecule has 4 N–H and O–H groups in total. The number of halogens is 1. The van der Waals surface area contributed by atoms with Gasteiger partial charge in [-0.1, -0.05) is 98.8 Å². The second kappa shape index (κ2) is 17.6. The number of hydrogen-bond acceptors (Lipinski definition) is 5. The van der Waals surface area contributed by atoms with Crippen molar-refractivity contribution >= 4 is 34.4 Å². The van der Waals surface area contributed by atoms with Crippen LogP contribution in [-0.4, -0.2) is 42.3 Å². The molecule has 4 aromatic carbocycles. The van der Waals surface area contributed by atoms with Gasteiger partial charge in [-0.15, -0.1) is 0 Å². The van der Waals surface area contributed by atoms with Crippen molar-refractivity contribution in [3.8, 4) is 0 Å². The van der Waals surface area contributed by atoms with Crippen molar-refractivity contribution in [3.05, 3.63) is 120 Å². The molecule has 47 heavy (non-hydrogen) atoms. The number of amides is 4. The minimum absolute atomic E-state index is 0.0474. The number of nitrogens with one attached hydrogen (secondary N) is 4. The first-order valence-electron chi connectivity index (χ1n) is 15.7. The molecule has 0 saturated carbocycles. The molecule has 0 heterocycles. The molecule has 0 aromatic heterocycles. The van der Waals surface area contributed by atoms with E-state index in [2.05, 4.69) is 21.4 Å². The Labute approximate surface area is 274 Å². The van der Waals surface area contributed by atoms with E-state index < -0.39 is 48.0 Å². The van der Waals surface area contributed by atoms with Crippen LogP contribution in [0.15, 0.2) is 97.1 Å². The molecule has 2 atom stereocenters. The number of hydroxylamine groups is 1. The predicted molar refractivity (Wildman–Crippen MR) is 178 cm³/mol. The summed E-state index contributed by atoms with van der Waals surface area (Å²) in [5.41, 5.74) is 4.77. The zero-order valence-electron chi connectivity index (χ0n) is 26.6. The Hall–Kier alpha value is -5.09. The molecule has 246 valence electrons. The maximum atomic E-state index is 13.7. The molecular formula is C37H41FN4O5. The highest BCUT2D eigenvalue weighted by Crippen LogP contribution is 2.18. The van der Waals surface area contributed by atoms with Gasteiger partial charge in [0.15, 0.2) is 0 Å². The van der Waals surface area contributed by atoms with Gasteiger partial charge in [0.1, 0.15) is 17.9 Å². The Kier molecular flexibility index (Phi) is 13.0. The lowest BCUT2D eigenvalue weighted by Gasteiger charge is -2.23. The molecule has 4 aromatic rings. The zero-order valence-corrected chi connectivity index (χ0v) is 26.6. The fourth-order valence-corrected chi connectivity index (χ4v) is 4.98. The first-order valence-corrected chi connectivity index (χ1v) is 15.7. The SMILES string of the molecule is CC(C)CONC(=O)C[C@H](NC(=O)CCc1ccccc1)C(=O)N[C@@H](Cc1ccc(F)cc1)C(=O)NCc1cccc2ccccc12. The zero-order chi connectivity index (χ0) is 33.6. The second-order valence-electron chi connectivity index (χ2n) is 11.8. The lowest BCUT2D eigenvalue weighted by Crippen LogP contribution is -2.55. The number of fused-ring (bicyclic) bond motifs is 1. The average molecular weight is 641 g/mol. The van der Waals surface area contributed by atoms with Crippen molar-refractivity contribution in [1.29, 1.82) is 0 Å². The highest BCUT2D eigenvalue weighted by Gasteiger charge is 2.29. The van der Waals surface area contributed by atoms with E-state index in [0.29, 0.717) is 12.0 Å². The second-order valence-corrected chi connectivity index (χ2v) is 11.8. The van der Waals surface area contributed by atoms with Crippen LogP contribution in [0.2, 0.25) is 0 Å². The van der Waals surface area contributed by atoms with Crippen LogP contribution in [0, 0.1) is 11.7 Å². The summed E-state index contributed by atoms with van der Waals surface area (Å²) in [5, 5.41) is 10.3. The number of carbonyl (C=O) groups is 4. The highest BCUT2D eigenvalue weighted by atomic mass is 19.1. The smallest absolute Gasteiger partial charge is 0.246 e. The number of carbonyl (C=O) groups excluding carboxylic acids is 4. The molecule has 0 spiro atoms. The molecule has 0 aliphatic heterocycles. The van der Waals surface area contributed by atoms with Crippen LogP contribution in [0.1, 0.15) is 43.4 Å². The van der Waals surface area contributed by atoms with Crippen LogP contribution in [0.5, 0.6) is 0 Å². The third-order valence-electron chi connectivity index (χ3n) is 7.45. The number of rotatable bonds is 16. The van der Waals surface area contributed by atoms with Gasteiger partial charge in [-0.05, 0) is 51.9 Å². The van der Waals surface area contributed by atoms with E-state index >= 15 is 0 Å². The number of hydrogen-bond donors (Lipinski definition) is 4. The first-order chi connectivity index (χ1) is 22.7. The van der Waals surface area contributed by atoms with E-state index in [9.17, 15) is 23.6 Å². The van der Waals surface area contributed by atoms with Crippen molar-refractivity contribution in [2.24, 2.45) is 5.92 Å². The van der Waals surface area contributed by atoms with Crippen LogP contribution in [-0.2, 0) is 43.4 Å². The van der Waals surface area contributed by atoms with Gasteiger partial charge >= 0.3 is 0 Å². The van der Waals surface area contributed by atoms with Gasteiger partial charge in [0.05, 0.1) is 13.0 Å². The lowest BCUT2D eigenvalue weighted by molar-refractivity contribution is -0.139. The Morgan fingerprint density at radius 3 is 2.17 bits per heavy atom. The fourth-order valence-electron chi connectivity index (χ4n) is 4.98. The largest absolute Gasteiger partial charge is 0.350 e. The minimum Gasteiger partial charge on any atom is -0.350 e. The molecule has 9 nitrogen and oxygen atoms in total. The fraction of sp³-hybridized carbons (Fsp3) is 0.297. The predicted octanol–water partition coefficient (Wildman–Crippen LogP) is 4.53. The number of aryl methyl sites for hydroxylation is 1. The van der Waals surface area contributed by atoms with Crippen LogP contribution in [0.25, 0.3) is 10.8 Å². The lowest BCUT2D eigenvalue weighted by atomic mass is 10.0. The van der Waals surface area contributed by atoms with Crippen LogP contribution in [0.3, 0.4) is 0 Å².